The molecule has 0 spiro atoms. The summed E-state index contributed by atoms with van der Waals surface area (Å²) in [5, 5.41) is 5.00. The minimum absolute atomic E-state index is 0.0484. The highest BCUT2D eigenvalue weighted by Gasteiger charge is 2.25. The lowest BCUT2D eigenvalue weighted by Crippen LogP contribution is -2.30. The van der Waals surface area contributed by atoms with Crippen molar-refractivity contribution in [3.63, 3.8) is 0 Å². The molecule has 148 valence electrons. The molecule has 2 heterocycles. The summed E-state index contributed by atoms with van der Waals surface area (Å²) >= 11 is 1.32. The Kier molecular flexibility index (Phi) is 6.25. The lowest BCUT2D eigenvalue weighted by Gasteiger charge is -2.13. The van der Waals surface area contributed by atoms with Crippen molar-refractivity contribution in [3.8, 4) is 5.75 Å². The maximum absolute atomic E-state index is 12.2. The van der Waals surface area contributed by atoms with Crippen LogP contribution in [0.1, 0.15) is 25.5 Å². The second kappa shape index (κ2) is 8.83. The summed E-state index contributed by atoms with van der Waals surface area (Å²) in [5.74, 6) is -0.259. The van der Waals surface area contributed by atoms with Crippen molar-refractivity contribution in [2.45, 2.75) is 32.3 Å². The van der Waals surface area contributed by atoms with Crippen LogP contribution in [0.5, 0.6) is 5.75 Å². The zero-order valence-electron chi connectivity index (χ0n) is 15.6. The number of carbonyl (C=O) groups excluding carboxylic acids is 3. The third kappa shape index (κ3) is 4.86. The van der Waals surface area contributed by atoms with Crippen LogP contribution in [0.15, 0.2) is 29.6 Å². The maximum atomic E-state index is 12.2. The molecule has 1 aliphatic heterocycles. The summed E-state index contributed by atoms with van der Waals surface area (Å²) in [5.41, 5.74) is 1.10. The molecule has 1 saturated heterocycles. The number of hydrogen-bond donors (Lipinski definition) is 1. The number of nitrogens with one attached hydrogen (secondary N) is 1. The number of amides is 2. The zero-order valence-corrected chi connectivity index (χ0v) is 16.5. The molecule has 1 N–H and O–H groups in total. The van der Waals surface area contributed by atoms with Gasteiger partial charge in [0.15, 0.2) is 11.2 Å². The Balaban J connectivity index is 1.50. The van der Waals surface area contributed by atoms with Crippen LogP contribution in [-0.2, 0) is 25.5 Å². The second-order valence-corrected chi connectivity index (χ2v) is 7.13. The predicted molar refractivity (Wildman–Crippen MR) is 105 cm³/mol. The number of nitrogens with zero attached hydrogens (tertiary/aromatic N) is 2. The Morgan fingerprint density at radius 3 is 2.71 bits per heavy atom. The molecule has 9 heteroatoms. The van der Waals surface area contributed by atoms with Gasteiger partial charge in [-0.1, -0.05) is 0 Å². The molecule has 28 heavy (non-hydrogen) atoms. The van der Waals surface area contributed by atoms with Crippen molar-refractivity contribution in [1.82, 2.24) is 4.98 Å². The Hall–Kier alpha value is -2.94. The first kappa shape index (κ1) is 19.8. The van der Waals surface area contributed by atoms with E-state index in [1.165, 1.54) is 18.3 Å². The van der Waals surface area contributed by atoms with Gasteiger partial charge in [-0.3, -0.25) is 19.3 Å². The van der Waals surface area contributed by atoms with Crippen LogP contribution in [0.25, 0.3) is 0 Å². The third-order valence-corrected chi connectivity index (χ3v) is 5.12. The number of methoxy groups -OCH3 is 1. The SMILES string of the molecule is COc1ccc(NC(=O)[C@H](C)OC(=O)Cc2csc(N3CCCC3=O)n2)cc1. The van der Waals surface area contributed by atoms with Gasteiger partial charge in [0, 0.05) is 24.0 Å². The van der Waals surface area contributed by atoms with Gasteiger partial charge in [-0.2, -0.15) is 0 Å². The quantitative estimate of drug-likeness (QED) is 0.713. The average molecular weight is 403 g/mol. The lowest BCUT2D eigenvalue weighted by molar-refractivity contribution is -0.152. The number of carbonyl (C=O) groups is 3. The van der Waals surface area contributed by atoms with Crippen LogP contribution < -0.4 is 15.0 Å². The fourth-order valence-electron chi connectivity index (χ4n) is 2.71. The van der Waals surface area contributed by atoms with E-state index in [1.54, 1.807) is 41.7 Å². The van der Waals surface area contributed by atoms with E-state index < -0.39 is 18.0 Å². The highest BCUT2D eigenvalue weighted by Crippen LogP contribution is 2.25. The van der Waals surface area contributed by atoms with E-state index in [-0.39, 0.29) is 12.3 Å². The van der Waals surface area contributed by atoms with Crippen LogP contribution in [-0.4, -0.2) is 42.5 Å². The summed E-state index contributed by atoms with van der Waals surface area (Å²) in [6, 6.07) is 6.83. The molecule has 8 nitrogen and oxygen atoms in total. The van der Waals surface area contributed by atoms with Crippen molar-refractivity contribution in [2.75, 3.05) is 23.9 Å². The number of anilines is 2. The minimum Gasteiger partial charge on any atom is -0.497 e. The number of esters is 1. The van der Waals surface area contributed by atoms with Gasteiger partial charge in [0.25, 0.3) is 5.91 Å². The number of thiazole rings is 1. The minimum atomic E-state index is -0.951. The second-order valence-electron chi connectivity index (χ2n) is 6.30. The molecule has 2 amide bonds. The number of aromatic nitrogens is 1. The predicted octanol–water partition coefficient (Wildman–Crippen LogP) is 2.39. The first-order chi connectivity index (χ1) is 13.5. The van der Waals surface area contributed by atoms with Gasteiger partial charge in [0.2, 0.25) is 5.91 Å². The molecule has 1 aliphatic rings. The Bertz CT molecular complexity index is 865. The van der Waals surface area contributed by atoms with Gasteiger partial charge in [0.05, 0.1) is 19.2 Å². The van der Waals surface area contributed by atoms with E-state index in [2.05, 4.69) is 10.3 Å². The lowest BCUT2D eigenvalue weighted by atomic mass is 10.3. The summed E-state index contributed by atoms with van der Waals surface area (Å²) in [4.78, 5) is 42.0. The number of rotatable bonds is 7. The highest BCUT2D eigenvalue weighted by molar-refractivity contribution is 7.14. The van der Waals surface area contributed by atoms with E-state index in [0.29, 0.717) is 35.2 Å². The molecule has 0 saturated carbocycles. The molecule has 1 aromatic carbocycles. The molecular weight excluding hydrogens is 382 g/mol. The zero-order chi connectivity index (χ0) is 20.1. The first-order valence-electron chi connectivity index (χ1n) is 8.85. The van der Waals surface area contributed by atoms with Crippen LogP contribution in [0, 0.1) is 0 Å². The van der Waals surface area contributed by atoms with Crippen LogP contribution in [0.4, 0.5) is 10.8 Å². The van der Waals surface area contributed by atoms with Gasteiger partial charge in [-0.15, -0.1) is 11.3 Å². The van der Waals surface area contributed by atoms with Crippen molar-refractivity contribution in [2.24, 2.45) is 0 Å². The van der Waals surface area contributed by atoms with Crippen molar-refractivity contribution in [1.29, 1.82) is 0 Å². The molecule has 2 aromatic rings. The first-order valence-corrected chi connectivity index (χ1v) is 9.73. The fourth-order valence-corrected chi connectivity index (χ4v) is 3.58. The fraction of sp³-hybridized carbons (Fsp3) is 0.368. The molecule has 0 aliphatic carbocycles. The largest absolute Gasteiger partial charge is 0.497 e. The van der Waals surface area contributed by atoms with E-state index in [9.17, 15) is 14.4 Å². The number of benzene rings is 1. The summed E-state index contributed by atoms with van der Waals surface area (Å²) in [7, 11) is 1.56. The van der Waals surface area contributed by atoms with Gasteiger partial charge >= 0.3 is 5.97 Å². The topological polar surface area (TPSA) is 97.8 Å². The van der Waals surface area contributed by atoms with E-state index in [4.69, 9.17) is 9.47 Å². The third-order valence-electron chi connectivity index (χ3n) is 4.20. The maximum Gasteiger partial charge on any atom is 0.312 e. The molecule has 0 unspecified atom stereocenters. The summed E-state index contributed by atoms with van der Waals surface area (Å²) < 4.78 is 10.3. The van der Waals surface area contributed by atoms with E-state index in [1.807, 2.05) is 0 Å². The molecule has 1 atom stereocenters. The molecule has 1 fully saturated rings. The Labute approximate surface area is 166 Å². The monoisotopic (exact) mass is 403 g/mol. The summed E-state index contributed by atoms with van der Waals surface area (Å²) in [6.45, 7) is 2.16. The molecule has 3 rings (SSSR count). The molecule has 1 aromatic heterocycles. The molecular formula is C19H21N3O5S. The number of hydrogen-bond acceptors (Lipinski definition) is 7. The van der Waals surface area contributed by atoms with Crippen LogP contribution >= 0.6 is 11.3 Å². The summed E-state index contributed by atoms with van der Waals surface area (Å²) in [6.07, 6.45) is 0.334. The number of ether oxygens (including phenoxy) is 2. The van der Waals surface area contributed by atoms with Gasteiger partial charge < -0.3 is 14.8 Å². The van der Waals surface area contributed by atoms with Gasteiger partial charge in [0.1, 0.15) is 5.75 Å². The standard InChI is InChI=1S/C19H21N3O5S/c1-12(18(25)20-13-5-7-15(26-2)8-6-13)27-17(24)10-14-11-28-19(21-14)22-9-3-4-16(22)23/h5-8,11-12H,3-4,9-10H2,1-2H3,(H,20,25)/t12-/m0/s1. The van der Waals surface area contributed by atoms with Crippen LogP contribution in [0.2, 0.25) is 0 Å². The van der Waals surface area contributed by atoms with Crippen molar-refractivity contribution >= 4 is 39.9 Å². The van der Waals surface area contributed by atoms with Crippen molar-refractivity contribution < 1.29 is 23.9 Å². The van der Waals surface area contributed by atoms with E-state index in [0.717, 1.165) is 6.42 Å². The Morgan fingerprint density at radius 1 is 1.32 bits per heavy atom. The molecule has 0 bridgehead atoms. The smallest absolute Gasteiger partial charge is 0.312 e. The van der Waals surface area contributed by atoms with Gasteiger partial charge in [-0.25, -0.2) is 4.98 Å². The molecule has 0 radical (unpaired) electrons. The van der Waals surface area contributed by atoms with Gasteiger partial charge in [-0.05, 0) is 37.6 Å². The van der Waals surface area contributed by atoms with Crippen LogP contribution in [0.3, 0.4) is 0 Å². The Morgan fingerprint density at radius 2 is 2.07 bits per heavy atom. The van der Waals surface area contributed by atoms with E-state index >= 15 is 0 Å². The normalized spacial score (nSPS) is 14.6. The highest BCUT2D eigenvalue weighted by atomic mass is 32.1. The van der Waals surface area contributed by atoms with Crippen molar-refractivity contribution in [3.05, 3.63) is 35.3 Å². The average Bonchev–Trinajstić information content (AvgIpc) is 3.30.